The highest BCUT2D eigenvalue weighted by atomic mass is 32.2. The molecule has 66 heteroatoms. The summed E-state index contributed by atoms with van der Waals surface area (Å²) < 4.78 is 275. The van der Waals surface area contributed by atoms with Crippen LogP contribution in [0.25, 0.3) is 21.5 Å². The quantitative estimate of drug-likeness (QED) is 0.00321. The Hall–Kier alpha value is -11.8. The third-order valence-corrected chi connectivity index (χ3v) is 29.0. The predicted molar refractivity (Wildman–Crippen MR) is 457 cm³/mol. The fourth-order valence-electron chi connectivity index (χ4n) is 11.0. The Morgan fingerprint density at radius 3 is 1.09 bits per heavy atom. The first-order valence-electron chi connectivity index (χ1n) is 34.5. The fourth-order valence-corrected chi connectivity index (χ4v) is 20.5. The van der Waals surface area contributed by atoms with Gasteiger partial charge in [-0.2, -0.15) is 54.1 Å². The number of hydrogen-bond acceptors (Lipinski definition) is 52. The molecule has 0 aliphatic rings. The zero-order valence-electron chi connectivity index (χ0n) is 64.4. The van der Waals surface area contributed by atoms with Gasteiger partial charge in [0.2, 0.25) is 0 Å². The molecule has 18 N–H and O–H groups in total. The van der Waals surface area contributed by atoms with Crippen molar-refractivity contribution in [3.63, 3.8) is 0 Å². The molecule has 11 rings (SSSR count). The van der Waals surface area contributed by atoms with Gasteiger partial charge in [0, 0.05) is 29.2 Å². The van der Waals surface area contributed by atoms with Crippen LogP contribution in [0.15, 0.2) is 280 Å². The smallest absolute Gasteiger partial charge is 0.296 e. The number of hydrogen-bond donors (Lipinski definition) is 16. The second kappa shape index (κ2) is 42.4. The lowest BCUT2D eigenvalue weighted by molar-refractivity contribution is -0.591. The molecule has 0 radical (unpaired) electrons. The molecule has 0 saturated heterocycles. The predicted octanol–water partition coefficient (Wildman–Crippen LogP) is 15.5. The lowest BCUT2D eigenvalue weighted by Crippen LogP contribution is -2.12. The minimum Gasteiger partial charge on any atom is -0.505 e. The van der Waals surface area contributed by atoms with Crippen LogP contribution in [-0.2, 0) is 127 Å². The molecule has 0 unspecified atom stereocenters. The Kier molecular flexibility index (Phi) is 32.4. The lowest BCUT2D eigenvalue weighted by atomic mass is 10.1. The van der Waals surface area contributed by atoms with Crippen molar-refractivity contribution in [2.75, 3.05) is 44.8 Å². The van der Waals surface area contributed by atoms with Gasteiger partial charge in [-0.15, -0.1) is 58.2 Å². The molecule has 0 bridgehead atoms. The molecule has 698 valence electrons. The van der Waals surface area contributed by atoms with E-state index in [1.165, 1.54) is 48.5 Å². The summed E-state index contributed by atoms with van der Waals surface area (Å²) in [5.41, 5.74) is 6.11. The van der Waals surface area contributed by atoms with Gasteiger partial charge in [-0.25, -0.2) is 54.7 Å². The number of sulfonamides is 2. The highest BCUT2D eigenvalue weighted by molar-refractivity contribution is 7.97. The van der Waals surface area contributed by atoms with E-state index in [1.807, 2.05) is 0 Å². The van der Waals surface area contributed by atoms with E-state index in [0.29, 0.717) is 24.2 Å². The van der Waals surface area contributed by atoms with E-state index < -0.39 is 213 Å². The van der Waals surface area contributed by atoms with E-state index >= 15 is 0 Å². The maximum Gasteiger partial charge on any atom is 0.296 e. The Bertz CT molecular complexity index is 7480. The molecular formula is C66H54N16O38S12. The third kappa shape index (κ3) is 24.9. The number of aromatic hydroxyl groups is 4. The van der Waals surface area contributed by atoms with Crippen LogP contribution >= 0.6 is 48.5 Å². The number of nitrogens with two attached hydrogens (primary N) is 2. The second-order valence-corrected chi connectivity index (χ2v) is 41.1. The van der Waals surface area contributed by atoms with Gasteiger partial charge in [0.05, 0.1) is 116 Å². The maximum absolute atomic E-state index is 13.6. The van der Waals surface area contributed by atoms with E-state index in [2.05, 4.69) is 113 Å². The Morgan fingerprint density at radius 1 is 0.341 bits per heavy atom. The number of rotatable bonds is 42. The van der Waals surface area contributed by atoms with Crippen LogP contribution in [0.2, 0.25) is 0 Å². The third-order valence-electron chi connectivity index (χ3n) is 16.9. The number of phenolic OH excluding ortho intramolecular Hbond substituents is 4. The highest BCUT2D eigenvalue weighted by Crippen LogP contribution is 2.53. The molecule has 0 heterocycles. The number of phenols is 4. The first kappa shape index (κ1) is 101. The minimum atomic E-state index is -5.34. The Morgan fingerprint density at radius 2 is 0.697 bits per heavy atom. The van der Waals surface area contributed by atoms with E-state index in [-0.39, 0.29) is 112 Å². The molecular weight excluding hydrogens is 2010 g/mol. The molecule has 0 aliphatic heterocycles. The van der Waals surface area contributed by atoms with Crippen LogP contribution < -0.4 is 20.9 Å². The number of fused-ring (bicyclic) bond motifs is 2. The number of anilines is 4. The van der Waals surface area contributed by atoms with Crippen molar-refractivity contribution >= 4 is 241 Å². The second-order valence-electron chi connectivity index (χ2n) is 25.2. The van der Waals surface area contributed by atoms with E-state index in [9.17, 15) is 106 Å². The molecule has 0 saturated carbocycles. The van der Waals surface area contributed by atoms with Crippen molar-refractivity contribution in [2.45, 2.75) is 49.0 Å². The van der Waals surface area contributed by atoms with Gasteiger partial charge in [0.1, 0.15) is 65.1 Å². The molecule has 132 heavy (non-hydrogen) atoms. The van der Waals surface area contributed by atoms with Gasteiger partial charge in [-0.05, 0) is 191 Å². The summed E-state index contributed by atoms with van der Waals surface area (Å²) in [4.78, 5) is -7.13. The summed E-state index contributed by atoms with van der Waals surface area (Å²) >= 11 is 0.688. The average Bonchev–Trinajstić information content (AvgIpc) is 0.746. The van der Waals surface area contributed by atoms with E-state index in [0.717, 1.165) is 109 Å². The first-order valence-corrected chi connectivity index (χ1v) is 49.6. The number of benzene rings is 11. The molecule has 54 nitrogen and oxygen atoms in total. The van der Waals surface area contributed by atoms with Gasteiger partial charge in [-0.3, -0.25) is 31.8 Å². The zero-order valence-corrected chi connectivity index (χ0v) is 74.2. The lowest BCUT2D eigenvalue weighted by Gasteiger charge is -2.14. The van der Waals surface area contributed by atoms with Crippen LogP contribution in [0.3, 0.4) is 0 Å². The van der Waals surface area contributed by atoms with Crippen LogP contribution in [0, 0.1) is 0 Å². The number of azo groups is 6. The van der Waals surface area contributed by atoms with Gasteiger partial charge in [-0.1, -0.05) is 15.1 Å². The van der Waals surface area contributed by atoms with Crippen LogP contribution in [-0.4, -0.2) is 151 Å². The van der Waals surface area contributed by atoms with Crippen molar-refractivity contribution < 1.29 is 174 Å². The average molecular weight is 2060 g/mol. The molecule has 11 aromatic carbocycles. The van der Waals surface area contributed by atoms with E-state index in [1.54, 1.807) is 0 Å². The minimum absolute atomic E-state index is 0.0161. The molecule has 0 aliphatic carbocycles. The molecule has 0 atom stereocenters. The summed E-state index contributed by atoms with van der Waals surface area (Å²) in [7, 11) is -38.8. The van der Waals surface area contributed by atoms with Crippen molar-refractivity contribution in [1.82, 2.24) is 0 Å². The molecule has 0 spiro atoms. The fraction of sp³-hybridized carbons (Fsp3) is 0.0606. The summed E-state index contributed by atoms with van der Waals surface area (Å²) in [5, 5.41) is 142. The standard InChI is InChI=1S/C66H54N16O38S12/c67-57-55-33(27-49(122-117-113-88)60(57)77-73-45-19-17-43(31-51(45)129(99,100)101)125(91,92)25-23-111-124-119-115-90)29-53(131(105,106)107)62(65(55)85)79-71-37-9-13-41(14-10-37)127(95,96)81-39-5-1-35(2-6-39)69-75-47-21-22-48(83)59(64(47)84)76-70-36-3-7-40(8-4-36)82-128(97,98)42-15-11-38(12-16-42)72-80-63-54(132(108,109)110)30-34-28-50(123-118-114-89)61(58(68)56(34)66(63)86)78-74-46-20-18-44(32-52(46)130(102,103)104)126(93,94)26-24-121-120-116-112-87/h1-22,27-32,81-90H,23-26,67-68H2,(H,99,100,101)(H,102,103,104)(H,105,106,107)(H,108,109,110)/b75-69?,76-70?,77-73+,78-74?,79-71+,80-72+. The van der Waals surface area contributed by atoms with Crippen LogP contribution in [0.4, 0.5) is 91.0 Å². The maximum atomic E-state index is 13.6. The van der Waals surface area contributed by atoms with Crippen molar-refractivity contribution in [1.29, 1.82) is 0 Å². The summed E-state index contributed by atoms with van der Waals surface area (Å²) in [6, 6.07) is 29.0. The normalized spacial score (nSPS) is 13.0. The summed E-state index contributed by atoms with van der Waals surface area (Å²) in [5.74, 6) is -5.39. The number of nitrogens with zero attached hydrogens (tertiary/aromatic N) is 12. The monoisotopic (exact) mass is 2060 g/mol. The first-order chi connectivity index (χ1) is 62.3. The summed E-state index contributed by atoms with van der Waals surface area (Å²) in [6.45, 7) is -0.587. The topological polar surface area (TPSA) is 833 Å². The van der Waals surface area contributed by atoms with Gasteiger partial charge < -0.3 is 31.9 Å². The Balaban J connectivity index is 0.734. The molecule has 0 amide bonds. The van der Waals surface area contributed by atoms with Gasteiger partial charge >= 0.3 is 0 Å². The number of sulfone groups is 2. The van der Waals surface area contributed by atoms with Crippen LogP contribution in [0.1, 0.15) is 0 Å². The molecule has 11 aromatic rings. The van der Waals surface area contributed by atoms with E-state index in [4.69, 9.17) is 36.7 Å². The largest absolute Gasteiger partial charge is 0.505 e. The summed E-state index contributed by atoms with van der Waals surface area (Å²) in [6.07, 6.45) is 0. The SMILES string of the molecule is Nc1c(N=Nc2ccc(S(=O)(=O)CCSOOOO)cc2S(=O)(=O)O)c(SOOO)cc2cc(S(=O)(=O)O)c(/N=N/c3ccc(S(=O)(=O)Nc4ccc(N=Nc5c(O)ccc(N=Nc6ccc(NS(=O)(=O)c7ccc(/N=N/c8c(S(=O)(=O)O)cc9cc(SOOO)c(/N=N/c%10ccc(S(=O)(=O)CCOSOOO)cc%10S(=O)(=O)O)c(N)c9c8O)cc7)cc6)c5O)cc4)cc3)c(O)c12. The van der Waals surface area contributed by atoms with Crippen LogP contribution in [0.5, 0.6) is 23.0 Å². The van der Waals surface area contributed by atoms with Gasteiger partial charge in [0.15, 0.2) is 54.9 Å². The number of nitrogens with one attached hydrogen (secondary N) is 2. The van der Waals surface area contributed by atoms with Gasteiger partial charge in [0.25, 0.3) is 60.5 Å². The molecule has 0 fully saturated rings. The molecule has 0 aromatic heterocycles. The Labute approximate surface area is 757 Å². The zero-order chi connectivity index (χ0) is 96.1. The highest BCUT2D eigenvalue weighted by Gasteiger charge is 2.32. The van der Waals surface area contributed by atoms with Crippen molar-refractivity contribution in [3.05, 3.63) is 170 Å². The van der Waals surface area contributed by atoms with Crippen molar-refractivity contribution in [3.8, 4) is 23.0 Å². The number of nitrogen functional groups attached to an aromatic ring is 2. The van der Waals surface area contributed by atoms with Crippen molar-refractivity contribution in [2.24, 2.45) is 61.4 Å².